The molecule has 1 amide bonds. The van der Waals surface area contributed by atoms with E-state index in [9.17, 15) is 4.79 Å². The topological polar surface area (TPSA) is 59.8 Å². The summed E-state index contributed by atoms with van der Waals surface area (Å²) in [7, 11) is 1.89. The lowest BCUT2D eigenvalue weighted by Gasteiger charge is -2.12. The van der Waals surface area contributed by atoms with Crippen LogP contribution in [0.15, 0.2) is 53.7 Å². The van der Waals surface area contributed by atoms with Crippen molar-refractivity contribution in [3.8, 4) is 11.4 Å². The number of aryl methyl sites for hydroxylation is 1. The Kier molecular flexibility index (Phi) is 6.19. The van der Waals surface area contributed by atoms with Gasteiger partial charge in [-0.3, -0.25) is 4.79 Å². The second-order valence-corrected chi connectivity index (χ2v) is 7.92. The number of anilines is 1. The van der Waals surface area contributed by atoms with Crippen molar-refractivity contribution in [1.29, 1.82) is 0 Å². The average molecular weight is 401 g/mol. The van der Waals surface area contributed by atoms with E-state index in [0.29, 0.717) is 10.2 Å². The van der Waals surface area contributed by atoms with Gasteiger partial charge in [-0.05, 0) is 55.3 Å². The highest BCUT2D eigenvalue weighted by atomic mass is 35.5. The van der Waals surface area contributed by atoms with Gasteiger partial charge in [-0.25, -0.2) is 0 Å². The van der Waals surface area contributed by atoms with Crippen LogP contribution in [0.1, 0.15) is 19.4 Å². The van der Waals surface area contributed by atoms with E-state index in [1.54, 1.807) is 0 Å². The number of hydrogen-bond donors (Lipinski definition) is 1. The van der Waals surface area contributed by atoms with Gasteiger partial charge in [-0.15, -0.1) is 10.2 Å². The van der Waals surface area contributed by atoms with Gasteiger partial charge in [0.15, 0.2) is 11.0 Å². The predicted octanol–water partition coefficient (Wildman–Crippen LogP) is 4.82. The third-order valence-corrected chi connectivity index (χ3v) is 5.60. The number of benzene rings is 2. The van der Waals surface area contributed by atoms with Gasteiger partial charge in [-0.2, -0.15) is 0 Å². The zero-order chi connectivity index (χ0) is 19.4. The number of amides is 1. The minimum absolute atomic E-state index is 0.0692. The van der Waals surface area contributed by atoms with Crippen molar-refractivity contribution in [1.82, 2.24) is 14.8 Å². The number of nitrogens with one attached hydrogen (secondary N) is 1. The van der Waals surface area contributed by atoms with E-state index in [1.807, 2.05) is 67.1 Å². The summed E-state index contributed by atoms with van der Waals surface area (Å²) in [6.07, 6.45) is 0.975. The van der Waals surface area contributed by atoms with E-state index in [-0.39, 0.29) is 11.2 Å². The Morgan fingerprint density at radius 1 is 1.15 bits per heavy atom. The van der Waals surface area contributed by atoms with Gasteiger partial charge in [0.1, 0.15) is 0 Å². The zero-order valence-electron chi connectivity index (χ0n) is 15.4. The molecule has 140 valence electrons. The van der Waals surface area contributed by atoms with Crippen molar-refractivity contribution in [2.45, 2.75) is 30.7 Å². The van der Waals surface area contributed by atoms with Crippen molar-refractivity contribution >= 4 is 35.0 Å². The molecule has 0 aliphatic carbocycles. The Labute approximate surface area is 168 Å². The van der Waals surface area contributed by atoms with Crippen LogP contribution >= 0.6 is 23.4 Å². The molecule has 0 unspecified atom stereocenters. The number of halogens is 1. The summed E-state index contributed by atoms with van der Waals surface area (Å²) in [5.41, 5.74) is 2.96. The monoisotopic (exact) mass is 400 g/mol. The van der Waals surface area contributed by atoms with Crippen molar-refractivity contribution in [3.63, 3.8) is 0 Å². The van der Waals surface area contributed by atoms with Gasteiger partial charge >= 0.3 is 0 Å². The maximum atomic E-state index is 12.5. The molecule has 1 atom stereocenters. The first kappa shape index (κ1) is 19.5. The fourth-order valence-corrected chi connectivity index (χ4v) is 3.49. The summed E-state index contributed by atoms with van der Waals surface area (Å²) in [6.45, 7) is 3.96. The van der Waals surface area contributed by atoms with Crippen LogP contribution < -0.4 is 5.32 Å². The quantitative estimate of drug-likeness (QED) is 0.603. The number of carbonyl (C=O) groups excluding carboxylic acids is 1. The highest BCUT2D eigenvalue weighted by molar-refractivity contribution is 8.00. The maximum absolute atomic E-state index is 12.5. The Morgan fingerprint density at radius 3 is 2.44 bits per heavy atom. The maximum Gasteiger partial charge on any atom is 0.237 e. The SMILES string of the molecule is CCc1ccc(NC(=O)[C@@H](C)Sc2nnc(-c3ccc(Cl)cc3)n2C)cc1. The summed E-state index contributed by atoms with van der Waals surface area (Å²) in [5, 5.41) is 12.5. The standard InChI is InChI=1S/C20H21ClN4OS/c1-4-14-5-11-17(12-6-14)22-19(26)13(2)27-20-24-23-18(25(20)3)15-7-9-16(21)10-8-15/h5-13H,4H2,1-3H3,(H,22,26)/t13-/m1/s1. The Morgan fingerprint density at radius 2 is 1.81 bits per heavy atom. The molecule has 2 aromatic carbocycles. The van der Waals surface area contributed by atoms with Gasteiger partial charge in [0.2, 0.25) is 5.91 Å². The molecule has 7 heteroatoms. The highest BCUT2D eigenvalue weighted by Gasteiger charge is 2.19. The Hall–Kier alpha value is -2.31. The highest BCUT2D eigenvalue weighted by Crippen LogP contribution is 2.27. The van der Waals surface area contributed by atoms with Gasteiger partial charge in [0.25, 0.3) is 0 Å². The Balaban J connectivity index is 1.67. The van der Waals surface area contributed by atoms with E-state index >= 15 is 0 Å². The molecular weight excluding hydrogens is 380 g/mol. The summed E-state index contributed by atoms with van der Waals surface area (Å²) >= 11 is 7.31. The third kappa shape index (κ3) is 4.70. The van der Waals surface area contributed by atoms with E-state index in [1.165, 1.54) is 17.3 Å². The zero-order valence-corrected chi connectivity index (χ0v) is 17.0. The van der Waals surface area contributed by atoms with E-state index in [4.69, 9.17) is 11.6 Å². The van der Waals surface area contributed by atoms with Crippen LogP contribution in [-0.2, 0) is 18.3 Å². The van der Waals surface area contributed by atoms with E-state index in [2.05, 4.69) is 22.4 Å². The summed E-state index contributed by atoms with van der Waals surface area (Å²) in [5.74, 6) is 0.664. The molecule has 0 aliphatic rings. The largest absolute Gasteiger partial charge is 0.325 e. The molecule has 0 saturated heterocycles. The molecule has 27 heavy (non-hydrogen) atoms. The van der Waals surface area contributed by atoms with Gasteiger partial charge in [0, 0.05) is 23.3 Å². The summed E-state index contributed by atoms with van der Waals surface area (Å²) in [4.78, 5) is 12.5. The van der Waals surface area contributed by atoms with Gasteiger partial charge < -0.3 is 9.88 Å². The normalized spacial score (nSPS) is 12.0. The predicted molar refractivity (Wildman–Crippen MR) is 111 cm³/mol. The number of carbonyl (C=O) groups is 1. The Bertz CT molecular complexity index is 922. The first-order valence-corrected chi connectivity index (χ1v) is 9.95. The molecule has 1 N–H and O–H groups in total. The molecule has 0 saturated carbocycles. The second kappa shape index (κ2) is 8.59. The lowest BCUT2D eigenvalue weighted by atomic mass is 10.1. The number of rotatable bonds is 6. The fraction of sp³-hybridized carbons (Fsp3) is 0.250. The van der Waals surface area contributed by atoms with Crippen LogP contribution in [0.4, 0.5) is 5.69 Å². The van der Waals surface area contributed by atoms with Gasteiger partial charge in [-0.1, -0.05) is 42.4 Å². The third-order valence-electron chi connectivity index (χ3n) is 4.22. The van der Waals surface area contributed by atoms with Crippen LogP contribution in [0.25, 0.3) is 11.4 Å². The number of aromatic nitrogens is 3. The minimum Gasteiger partial charge on any atom is -0.325 e. The second-order valence-electron chi connectivity index (χ2n) is 6.17. The molecule has 1 heterocycles. The lowest BCUT2D eigenvalue weighted by molar-refractivity contribution is -0.115. The van der Waals surface area contributed by atoms with Crippen molar-refractivity contribution in [2.24, 2.45) is 7.05 Å². The summed E-state index contributed by atoms with van der Waals surface area (Å²) < 4.78 is 1.88. The smallest absolute Gasteiger partial charge is 0.237 e. The average Bonchev–Trinajstić information content (AvgIpc) is 3.03. The molecule has 0 fully saturated rings. The van der Waals surface area contributed by atoms with Crippen LogP contribution in [0.2, 0.25) is 5.02 Å². The molecular formula is C20H21ClN4OS. The fourth-order valence-electron chi connectivity index (χ4n) is 2.55. The first-order valence-electron chi connectivity index (χ1n) is 8.69. The van der Waals surface area contributed by atoms with Crippen molar-refractivity contribution in [3.05, 3.63) is 59.1 Å². The molecule has 3 rings (SSSR count). The number of hydrogen-bond acceptors (Lipinski definition) is 4. The molecule has 0 bridgehead atoms. The van der Waals surface area contributed by atoms with Crippen LogP contribution in [-0.4, -0.2) is 25.9 Å². The first-order chi connectivity index (χ1) is 13.0. The van der Waals surface area contributed by atoms with Crippen LogP contribution in [0.5, 0.6) is 0 Å². The number of thioether (sulfide) groups is 1. The molecule has 3 aromatic rings. The molecule has 0 radical (unpaired) electrons. The lowest BCUT2D eigenvalue weighted by Crippen LogP contribution is -2.22. The van der Waals surface area contributed by atoms with Crippen molar-refractivity contribution < 1.29 is 4.79 Å². The molecule has 1 aromatic heterocycles. The van der Waals surface area contributed by atoms with E-state index in [0.717, 1.165) is 23.5 Å². The summed E-state index contributed by atoms with van der Waals surface area (Å²) in [6, 6.07) is 15.3. The minimum atomic E-state index is -0.309. The van der Waals surface area contributed by atoms with Crippen LogP contribution in [0, 0.1) is 0 Å². The number of nitrogens with zero attached hydrogens (tertiary/aromatic N) is 3. The van der Waals surface area contributed by atoms with Gasteiger partial charge in [0.05, 0.1) is 5.25 Å². The van der Waals surface area contributed by atoms with Crippen LogP contribution in [0.3, 0.4) is 0 Å². The molecule has 0 aliphatic heterocycles. The molecule has 0 spiro atoms. The van der Waals surface area contributed by atoms with E-state index < -0.39 is 0 Å². The van der Waals surface area contributed by atoms with Crippen molar-refractivity contribution in [2.75, 3.05) is 5.32 Å². The molecule has 5 nitrogen and oxygen atoms in total.